The Labute approximate surface area is 125 Å². The summed E-state index contributed by atoms with van der Waals surface area (Å²) in [6.45, 7) is 9.79. The van der Waals surface area contributed by atoms with Crippen LogP contribution in [-0.2, 0) is 4.74 Å². The molecule has 116 valence electrons. The highest BCUT2D eigenvalue weighted by molar-refractivity contribution is 5.68. The Hall–Kier alpha value is -2.05. The van der Waals surface area contributed by atoms with Gasteiger partial charge in [-0.15, -0.1) is 0 Å². The molecule has 1 aliphatic heterocycles. The lowest BCUT2D eigenvalue weighted by Crippen LogP contribution is -2.49. The van der Waals surface area contributed by atoms with Gasteiger partial charge in [-0.25, -0.2) is 14.8 Å². The smallest absolute Gasteiger partial charge is 0.409 e. The Balaban J connectivity index is 2.00. The number of rotatable bonds is 4. The largest absolute Gasteiger partial charge is 0.450 e. The van der Waals surface area contributed by atoms with Gasteiger partial charge in [-0.3, -0.25) is 0 Å². The van der Waals surface area contributed by atoms with Crippen molar-refractivity contribution in [1.29, 1.82) is 0 Å². The van der Waals surface area contributed by atoms with Crippen molar-refractivity contribution in [2.75, 3.05) is 49.5 Å². The Morgan fingerprint density at radius 3 is 2.62 bits per heavy atom. The number of anilines is 2. The molecule has 1 saturated heterocycles. The van der Waals surface area contributed by atoms with Crippen molar-refractivity contribution in [3.05, 3.63) is 11.9 Å². The summed E-state index contributed by atoms with van der Waals surface area (Å²) in [7, 11) is 0. The first kappa shape index (κ1) is 15.3. The second-order valence-electron chi connectivity index (χ2n) is 4.86. The molecule has 7 nitrogen and oxygen atoms in total. The lowest BCUT2D eigenvalue weighted by molar-refractivity contribution is 0.105. The number of aryl methyl sites for hydroxylation is 1. The van der Waals surface area contributed by atoms with Crippen LogP contribution in [0.1, 0.15) is 19.7 Å². The van der Waals surface area contributed by atoms with Crippen molar-refractivity contribution in [2.24, 2.45) is 0 Å². The molecule has 1 aliphatic rings. The van der Waals surface area contributed by atoms with Crippen LogP contribution in [-0.4, -0.2) is 60.3 Å². The van der Waals surface area contributed by atoms with E-state index in [9.17, 15) is 4.79 Å². The summed E-state index contributed by atoms with van der Waals surface area (Å²) in [6.07, 6.45) is -0.232. The predicted octanol–water partition coefficient (Wildman–Crippen LogP) is 1.50. The number of hydrogen-bond donors (Lipinski definition) is 1. The van der Waals surface area contributed by atoms with Gasteiger partial charge in [0.05, 0.1) is 6.61 Å². The lowest BCUT2D eigenvalue weighted by atomic mass is 10.3. The van der Waals surface area contributed by atoms with E-state index in [0.29, 0.717) is 19.7 Å². The van der Waals surface area contributed by atoms with Crippen molar-refractivity contribution in [3.63, 3.8) is 0 Å². The SMILES string of the molecule is CCNc1cc(N2CCN(C(=O)OCC)CC2)nc(C)n1. The van der Waals surface area contributed by atoms with Gasteiger partial charge in [-0.2, -0.15) is 0 Å². The lowest BCUT2D eigenvalue weighted by Gasteiger charge is -2.34. The average molecular weight is 293 g/mol. The maximum absolute atomic E-state index is 11.7. The van der Waals surface area contributed by atoms with Gasteiger partial charge in [-0.05, 0) is 20.8 Å². The molecule has 0 bridgehead atoms. The minimum Gasteiger partial charge on any atom is -0.450 e. The molecule has 0 spiro atoms. The molecule has 7 heteroatoms. The maximum Gasteiger partial charge on any atom is 0.409 e. The van der Waals surface area contributed by atoms with Crippen molar-refractivity contribution in [1.82, 2.24) is 14.9 Å². The van der Waals surface area contributed by atoms with E-state index >= 15 is 0 Å². The summed E-state index contributed by atoms with van der Waals surface area (Å²) < 4.78 is 5.03. The van der Waals surface area contributed by atoms with Gasteiger partial charge >= 0.3 is 6.09 Å². The Morgan fingerprint density at radius 2 is 2.00 bits per heavy atom. The third-order valence-electron chi connectivity index (χ3n) is 3.31. The van der Waals surface area contributed by atoms with Crippen LogP contribution in [0.2, 0.25) is 0 Å². The first-order valence-corrected chi connectivity index (χ1v) is 7.40. The molecule has 1 aromatic rings. The van der Waals surface area contributed by atoms with E-state index in [1.807, 2.05) is 26.8 Å². The number of ether oxygens (including phenoxy) is 1. The highest BCUT2D eigenvalue weighted by atomic mass is 16.6. The fourth-order valence-corrected chi connectivity index (χ4v) is 2.32. The molecule has 1 aromatic heterocycles. The van der Waals surface area contributed by atoms with Gasteiger partial charge in [0.2, 0.25) is 0 Å². The van der Waals surface area contributed by atoms with Crippen LogP contribution in [0, 0.1) is 6.92 Å². The second-order valence-corrected chi connectivity index (χ2v) is 4.86. The summed E-state index contributed by atoms with van der Waals surface area (Å²) in [5.41, 5.74) is 0. The van der Waals surface area contributed by atoms with Crippen molar-refractivity contribution in [3.8, 4) is 0 Å². The number of nitrogens with one attached hydrogen (secondary N) is 1. The summed E-state index contributed by atoms with van der Waals surface area (Å²) in [4.78, 5) is 24.4. The molecule has 2 heterocycles. The fourth-order valence-electron chi connectivity index (χ4n) is 2.32. The molecule has 1 amide bonds. The molecular formula is C14H23N5O2. The van der Waals surface area contributed by atoms with Crippen molar-refractivity contribution >= 4 is 17.7 Å². The van der Waals surface area contributed by atoms with E-state index in [0.717, 1.165) is 37.1 Å². The van der Waals surface area contributed by atoms with Crippen LogP contribution in [0.5, 0.6) is 0 Å². The van der Waals surface area contributed by atoms with Gasteiger partial charge in [0.1, 0.15) is 17.5 Å². The standard InChI is InChI=1S/C14H23N5O2/c1-4-15-12-10-13(17-11(3)16-12)18-6-8-19(9-7-18)14(20)21-5-2/h10H,4-9H2,1-3H3,(H,15,16,17). The quantitative estimate of drug-likeness (QED) is 0.907. The van der Waals surface area contributed by atoms with Crippen LogP contribution >= 0.6 is 0 Å². The molecule has 0 aliphatic carbocycles. The molecule has 0 aromatic carbocycles. The number of amides is 1. The summed E-state index contributed by atoms with van der Waals surface area (Å²) in [5.74, 6) is 2.49. The van der Waals surface area contributed by atoms with Gasteiger partial charge in [-0.1, -0.05) is 0 Å². The van der Waals surface area contributed by atoms with Gasteiger partial charge in [0.25, 0.3) is 0 Å². The van der Waals surface area contributed by atoms with Crippen LogP contribution in [0.25, 0.3) is 0 Å². The zero-order valence-electron chi connectivity index (χ0n) is 12.9. The van der Waals surface area contributed by atoms with E-state index in [1.165, 1.54) is 0 Å². The van der Waals surface area contributed by atoms with E-state index in [1.54, 1.807) is 4.90 Å². The van der Waals surface area contributed by atoms with E-state index in [2.05, 4.69) is 20.2 Å². The molecule has 1 fully saturated rings. The zero-order valence-corrected chi connectivity index (χ0v) is 12.9. The summed E-state index contributed by atoms with van der Waals surface area (Å²) in [5, 5.41) is 3.21. The van der Waals surface area contributed by atoms with E-state index in [4.69, 9.17) is 4.74 Å². The topological polar surface area (TPSA) is 70.6 Å². The molecule has 0 radical (unpaired) electrons. The highest BCUT2D eigenvalue weighted by Gasteiger charge is 2.23. The number of aromatic nitrogens is 2. The molecule has 0 atom stereocenters. The first-order chi connectivity index (χ1) is 10.1. The van der Waals surface area contributed by atoms with Crippen molar-refractivity contribution < 1.29 is 9.53 Å². The third-order valence-corrected chi connectivity index (χ3v) is 3.31. The minimum atomic E-state index is -0.232. The molecule has 0 saturated carbocycles. The normalized spacial score (nSPS) is 15.0. The third kappa shape index (κ3) is 3.96. The van der Waals surface area contributed by atoms with Crippen LogP contribution in [0.4, 0.5) is 16.4 Å². The zero-order chi connectivity index (χ0) is 15.2. The van der Waals surface area contributed by atoms with Gasteiger partial charge in [0.15, 0.2) is 0 Å². The summed E-state index contributed by atoms with van der Waals surface area (Å²) >= 11 is 0. The Bertz CT molecular complexity index is 486. The minimum absolute atomic E-state index is 0.232. The predicted molar refractivity (Wildman–Crippen MR) is 81.7 cm³/mol. The Morgan fingerprint density at radius 1 is 1.29 bits per heavy atom. The molecular weight excluding hydrogens is 270 g/mol. The first-order valence-electron chi connectivity index (χ1n) is 7.40. The molecule has 1 N–H and O–H groups in total. The maximum atomic E-state index is 11.7. The van der Waals surface area contributed by atoms with E-state index in [-0.39, 0.29) is 6.09 Å². The fraction of sp³-hybridized carbons (Fsp3) is 0.643. The average Bonchev–Trinajstić information content (AvgIpc) is 2.47. The highest BCUT2D eigenvalue weighted by Crippen LogP contribution is 2.18. The van der Waals surface area contributed by atoms with Crippen LogP contribution in [0.3, 0.4) is 0 Å². The van der Waals surface area contributed by atoms with Crippen LogP contribution in [0.15, 0.2) is 6.07 Å². The number of piperazine rings is 1. The Kier molecular flexibility index (Phi) is 5.19. The van der Waals surface area contributed by atoms with Crippen LogP contribution < -0.4 is 10.2 Å². The number of nitrogens with zero attached hydrogens (tertiary/aromatic N) is 4. The molecule has 2 rings (SSSR count). The number of hydrogen-bond acceptors (Lipinski definition) is 6. The van der Waals surface area contributed by atoms with Gasteiger partial charge < -0.3 is 19.9 Å². The van der Waals surface area contributed by atoms with E-state index < -0.39 is 0 Å². The second kappa shape index (κ2) is 7.10. The van der Waals surface area contributed by atoms with Crippen molar-refractivity contribution in [2.45, 2.75) is 20.8 Å². The molecule has 0 unspecified atom stereocenters. The number of carbonyl (C=O) groups excluding carboxylic acids is 1. The van der Waals surface area contributed by atoms with Gasteiger partial charge in [0, 0.05) is 38.8 Å². The monoisotopic (exact) mass is 293 g/mol. The summed E-state index contributed by atoms with van der Waals surface area (Å²) in [6, 6.07) is 1.95. The number of carbonyl (C=O) groups is 1. The molecule has 21 heavy (non-hydrogen) atoms.